The van der Waals surface area contributed by atoms with Crippen LogP contribution in [-0.4, -0.2) is 19.3 Å². The topological polar surface area (TPSA) is 70.3 Å². The molecule has 0 fully saturated rings. The quantitative estimate of drug-likeness (QED) is 0.500. The molecule has 0 aliphatic carbocycles. The molecule has 2 aromatic heterocycles. The minimum absolute atomic E-state index is 0. The molecule has 2 aromatic rings. The molecule has 0 saturated heterocycles. The van der Waals surface area contributed by atoms with Gasteiger partial charge in [-0.25, -0.2) is 0 Å². The maximum absolute atomic E-state index is 7.33. The Morgan fingerprint density at radius 3 is 3.08 bits per heavy atom. The summed E-state index contributed by atoms with van der Waals surface area (Å²) in [6, 6.07) is 0. The van der Waals surface area contributed by atoms with E-state index in [-0.39, 0.29) is 38.2 Å². The molecule has 2 rings (SSSR count). The summed E-state index contributed by atoms with van der Waals surface area (Å²) in [6.07, 6.45) is 4.09. The van der Waals surface area contributed by atoms with E-state index in [1.165, 1.54) is 0 Å². The molecule has 12 heavy (non-hydrogen) atoms. The molecule has 0 aliphatic heterocycles. The molecular weight excluding hydrogens is 250 g/mol. The van der Waals surface area contributed by atoms with Crippen LogP contribution < -0.4 is 5.49 Å². The molecule has 59 valence electrons. The van der Waals surface area contributed by atoms with Gasteiger partial charge in [0, 0.05) is 50.2 Å². The first-order valence-electron chi connectivity index (χ1n) is 2.92. The Morgan fingerprint density at radius 1 is 1.67 bits per heavy atom. The van der Waals surface area contributed by atoms with Gasteiger partial charge in [-0.15, -0.1) is 0 Å². The molecule has 0 bridgehead atoms. The Kier molecular flexibility index (Phi) is 3.10. The van der Waals surface area contributed by atoms with Crippen molar-refractivity contribution in [1.29, 1.82) is 5.41 Å². The van der Waals surface area contributed by atoms with Crippen LogP contribution in [0.4, 0.5) is 0 Å². The summed E-state index contributed by atoms with van der Waals surface area (Å²) in [5, 5.41) is 7.33. The second-order valence-corrected chi connectivity index (χ2v) is 2.60. The summed E-state index contributed by atoms with van der Waals surface area (Å²) in [5.74, 6) is 0. The van der Waals surface area contributed by atoms with Crippen LogP contribution >= 0.6 is 9.39 Å². The average molecular weight is 255 g/mol. The van der Waals surface area contributed by atoms with Crippen LogP contribution in [0.3, 0.4) is 0 Å². The van der Waals surface area contributed by atoms with Gasteiger partial charge in [0.15, 0.2) is 0 Å². The minimum atomic E-state index is 0. The second-order valence-electron chi connectivity index (χ2n) is 2.05. The molecular formula is C5H5N5PY-. The average Bonchev–Trinajstić information content (AvgIpc) is 2.35. The molecule has 1 radical (unpaired) electrons. The van der Waals surface area contributed by atoms with Crippen LogP contribution in [0.1, 0.15) is 0 Å². The number of imidazole rings is 1. The van der Waals surface area contributed by atoms with Crippen LogP contribution in [0.15, 0.2) is 6.33 Å². The van der Waals surface area contributed by atoms with Gasteiger partial charge < -0.3 is 19.7 Å². The molecule has 1 unspecified atom stereocenters. The Bertz CT molecular complexity index is 446. The van der Waals surface area contributed by atoms with Crippen molar-refractivity contribution < 1.29 is 32.7 Å². The Balaban J connectivity index is 0.000000720. The molecule has 0 amide bonds. The number of fused-ring (bicyclic) bond motifs is 1. The van der Waals surface area contributed by atoms with Crippen molar-refractivity contribution in [2.75, 3.05) is 0 Å². The van der Waals surface area contributed by atoms with E-state index in [1.54, 1.807) is 10.7 Å². The fourth-order valence-electron chi connectivity index (χ4n) is 0.848. The van der Waals surface area contributed by atoms with Gasteiger partial charge in [-0.05, 0) is 9.39 Å². The summed E-state index contributed by atoms with van der Waals surface area (Å²) < 4.78 is 1.70. The molecule has 5 nitrogen and oxygen atoms in total. The number of nitrogens with one attached hydrogen (secondary N) is 2. The predicted molar refractivity (Wildman–Crippen MR) is 41.7 cm³/mol. The van der Waals surface area contributed by atoms with E-state index in [1.807, 2.05) is 0 Å². The van der Waals surface area contributed by atoms with Crippen LogP contribution in [-0.2, 0) is 32.7 Å². The second kappa shape index (κ2) is 3.73. The zero-order valence-corrected chi connectivity index (χ0v) is 10.1. The Morgan fingerprint density at radius 2 is 2.42 bits per heavy atom. The van der Waals surface area contributed by atoms with Gasteiger partial charge in [0.05, 0.1) is 11.8 Å². The van der Waals surface area contributed by atoms with Crippen molar-refractivity contribution in [3.8, 4) is 0 Å². The first-order chi connectivity index (χ1) is 5.29. The van der Waals surface area contributed by atoms with Crippen molar-refractivity contribution in [3.05, 3.63) is 18.1 Å². The van der Waals surface area contributed by atoms with E-state index in [2.05, 4.69) is 30.7 Å². The fraction of sp³-hybridized carbons (Fsp3) is 0. The van der Waals surface area contributed by atoms with Gasteiger partial charge in [-0.2, -0.15) is 0 Å². The largest absolute Gasteiger partial charge is 0.437 e. The SMILES string of the molecule is N=c1n[c-][nH]c2c1ncn2P.[Y]. The van der Waals surface area contributed by atoms with E-state index in [9.17, 15) is 0 Å². The maximum Gasteiger partial charge on any atom is 0.0864 e. The van der Waals surface area contributed by atoms with Gasteiger partial charge in [-0.1, -0.05) is 0 Å². The van der Waals surface area contributed by atoms with Gasteiger partial charge in [-0.3, -0.25) is 4.98 Å². The molecule has 0 aromatic carbocycles. The van der Waals surface area contributed by atoms with Gasteiger partial charge >= 0.3 is 0 Å². The zero-order valence-electron chi connectivity index (χ0n) is 6.07. The number of hydrogen-bond donors (Lipinski definition) is 2. The summed E-state index contributed by atoms with van der Waals surface area (Å²) in [7, 11) is 2.44. The van der Waals surface area contributed by atoms with Crippen molar-refractivity contribution in [2.45, 2.75) is 0 Å². The minimum Gasteiger partial charge on any atom is -0.437 e. The summed E-state index contributed by atoms with van der Waals surface area (Å²) in [6.45, 7) is 0. The normalized spacial score (nSPS) is 9.75. The van der Waals surface area contributed by atoms with E-state index in [0.29, 0.717) is 5.52 Å². The first kappa shape index (κ1) is 9.97. The molecule has 2 N–H and O–H groups in total. The molecule has 0 aliphatic rings. The van der Waals surface area contributed by atoms with E-state index in [4.69, 9.17) is 5.41 Å². The Hall–Kier alpha value is -0.116. The van der Waals surface area contributed by atoms with Gasteiger partial charge in [0.25, 0.3) is 0 Å². The van der Waals surface area contributed by atoms with Gasteiger partial charge in [0.1, 0.15) is 0 Å². The van der Waals surface area contributed by atoms with Crippen LogP contribution in [0.2, 0.25) is 0 Å². The van der Waals surface area contributed by atoms with Crippen LogP contribution in [0.25, 0.3) is 11.2 Å². The zero-order chi connectivity index (χ0) is 7.84. The molecule has 1 atom stereocenters. The van der Waals surface area contributed by atoms with Crippen LogP contribution in [0.5, 0.6) is 0 Å². The molecule has 0 saturated carbocycles. The third kappa shape index (κ3) is 1.49. The summed E-state index contributed by atoms with van der Waals surface area (Å²) in [5.41, 5.74) is 1.42. The van der Waals surface area contributed by atoms with Crippen LogP contribution in [0, 0.1) is 11.7 Å². The van der Waals surface area contributed by atoms with E-state index < -0.39 is 0 Å². The number of H-pyrrole nitrogens is 1. The maximum atomic E-state index is 7.33. The third-order valence-corrected chi connectivity index (χ3v) is 1.75. The Labute approximate surface area is 95.6 Å². The van der Waals surface area contributed by atoms with E-state index >= 15 is 0 Å². The van der Waals surface area contributed by atoms with E-state index in [0.717, 1.165) is 5.65 Å². The fourth-order valence-corrected chi connectivity index (χ4v) is 1.10. The number of aromatic amines is 1. The standard InChI is InChI=1S/C5H5N5P.Y/c6-4-3-5(8-1-7-4)10(11)2-9-3;/h2H,11H2,(H2,6,7,8);/q-1;. The van der Waals surface area contributed by atoms with Crippen molar-refractivity contribution in [3.63, 3.8) is 0 Å². The molecule has 2 heterocycles. The summed E-state index contributed by atoms with van der Waals surface area (Å²) in [4.78, 5) is 10.3. The number of hydrogen-bond acceptors (Lipinski definition) is 3. The molecule has 0 spiro atoms. The number of nitrogens with zero attached hydrogens (tertiary/aromatic N) is 3. The number of rotatable bonds is 0. The van der Waals surface area contributed by atoms with Crippen molar-refractivity contribution in [1.82, 2.24) is 19.3 Å². The van der Waals surface area contributed by atoms with Gasteiger partial charge in [0.2, 0.25) is 0 Å². The van der Waals surface area contributed by atoms with Crippen molar-refractivity contribution >= 4 is 20.6 Å². The third-order valence-electron chi connectivity index (χ3n) is 1.36. The van der Waals surface area contributed by atoms with Crippen molar-refractivity contribution in [2.24, 2.45) is 0 Å². The first-order valence-corrected chi connectivity index (χ1v) is 3.44. The smallest absolute Gasteiger partial charge is 0.0864 e. The predicted octanol–water partition coefficient (Wildman–Crippen LogP) is -0.325. The number of aromatic nitrogens is 4. The monoisotopic (exact) mass is 255 g/mol. The summed E-state index contributed by atoms with van der Waals surface area (Å²) >= 11 is 0. The molecule has 7 heteroatoms.